The summed E-state index contributed by atoms with van der Waals surface area (Å²) in [6.07, 6.45) is 6.80. The molecule has 1 N–H and O–H groups in total. The van der Waals surface area contributed by atoms with E-state index in [-0.39, 0.29) is 17.5 Å². The van der Waals surface area contributed by atoms with Crippen LogP contribution in [0.1, 0.15) is 50.4 Å². The van der Waals surface area contributed by atoms with Crippen molar-refractivity contribution in [2.45, 2.75) is 24.4 Å². The summed E-state index contributed by atoms with van der Waals surface area (Å²) in [6.45, 7) is 1.30. The van der Waals surface area contributed by atoms with Crippen LogP contribution in [-0.2, 0) is 15.0 Å². The molecule has 0 saturated carbocycles. The van der Waals surface area contributed by atoms with Gasteiger partial charge in [0.15, 0.2) is 11.6 Å². The zero-order valence-electron chi connectivity index (χ0n) is 22.6. The molecule has 0 aliphatic carbocycles. The molecule has 4 aromatic rings. The summed E-state index contributed by atoms with van der Waals surface area (Å²) in [4.78, 5) is 61.1. The Labute approximate surface area is 241 Å². The molecule has 1 saturated heterocycles. The number of hydrogen-bond acceptors (Lipinski definition) is 7. The number of anilines is 1. The maximum Gasteiger partial charge on any atom is 0.308 e. The number of pyridine rings is 1. The molecule has 3 aliphatic heterocycles. The molecule has 42 heavy (non-hydrogen) atoms. The minimum atomic E-state index is -1.41. The number of fused-ring (bicyclic) bond motifs is 6. The lowest BCUT2D eigenvalue weighted by Crippen LogP contribution is -2.49. The first-order valence-corrected chi connectivity index (χ1v) is 13.6. The van der Waals surface area contributed by atoms with E-state index in [1.807, 2.05) is 65.7 Å². The molecule has 8 heteroatoms. The molecular formula is C34H25N3O5. The highest BCUT2D eigenvalue weighted by Gasteiger charge is 2.70. The molecule has 1 spiro atoms. The van der Waals surface area contributed by atoms with Crippen LogP contribution in [0.5, 0.6) is 5.75 Å². The van der Waals surface area contributed by atoms with E-state index >= 15 is 0 Å². The number of nitrogens with one attached hydrogen (secondary N) is 1. The van der Waals surface area contributed by atoms with Gasteiger partial charge in [-0.05, 0) is 65.2 Å². The molecule has 1 aromatic heterocycles. The molecular weight excluding hydrogens is 530 g/mol. The van der Waals surface area contributed by atoms with Crippen molar-refractivity contribution >= 4 is 35.2 Å². The van der Waals surface area contributed by atoms with E-state index in [4.69, 9.17) is 4.74 Å². The number of Topliss-reactive ketones (excluding diaryl/α,β-unsaturated/α-hetero) is 2. The van der Waals surface area contributed by atoms with Crippen molar-refractivity contribution in [2.75, 3.05) is 5.32 Å². The lowest BCUT2D eigenvalue weighted by Gasteiger charge is -2.38. The van der Waals surface area contributed by atoms with Crippen LogP contribution in [0, 0.1) is 5.92 Å². The second-order valence-electron chi connectivity index (χ2n) is 10.7. The van der Waals surface area contributed by atoms with E-state index in [2.05, 4.69) is 10.3 Å². The Bertz CT molecular complexity index is 1800. The predicted octanol–water partition coefficient (Wildman–Crippen LogP) is 4.99. The topological polar surface area (TPSA) is 106 Å². The normalized spacial score (nSPS) is 23.1. The number of rotatable bonds is 5. The maximum absolute atomic E-state index is 14.7. The van der Waals surface area contributed by atoms with Crippen molar-refractivity contribution in [3.63, 3.8) is 0 Å². The highest BCUT2D eigenvalue weighted by Crippen LogP contribution is 2.62. The number of para-hydroxylation sites is 1. The average molecular weight is 556 g/mol. The first-order chi connectivity index (χ1) is 20.4. The summed E-state index contributed by atoms with van der Waals surface area (Å²) in [5.41, 5.74) is 2.31. The number of carbonyl (C=O) groups is 4. The molecule has 0 unspecified atom stereocenters. The molecule has 7 rings (SSSR count). The monoisotopic (exact) mass is 555 g/mol. The number of nitrogens with zero attached hydrogens (tertiary/aromatic N) is 2. The van der Waals surface area contributed by atoms with Gasteiger partial charge in [-0.25, -0.2) is 0 Å². The number of ketones is 2. The zero-order valence-corrected chi connectivity index (χ0v) is 22.6. The van der Waals surface area contributed by atoms with Crippen LogP contribution in [0.3, 0.4) is 0 Å². The number of ether oxygens (including phenoxy) is 1. The zero-order chi connectivity index (χ0) is 29.0. The van der Waals surface area contributed by atoms with Gasteiger partial charge in [-0.3, -0.25) is 24.2 Å². The summed E-state index contributed by atoms with van der Waals surface area (Å²) in [5.74, 6) is -2.25. The van der Waals surface area contributed by atoms with Crippen LogP contribution < -0.4 is 10.1 Å². The Morgan fingerprint density at radius 2 is 1.64 bits per heavy atom. The van der Waals surface area contributed by atoms with Crippen molar-refractivity contribution in [1.29, 1.82) is 0 Å². The van der Waals surface area contributed by atoms with E-state index in [9.17, 15) is 19.2 Å². The van der Waals surface area contributed by atoms with Gasteiger partial charge in [0.2, 0.25) is 5.91 Å². The Kier molecular flexibility index (Phi) is 5.86. The van der Waals surface area contributed by atoms with E-state index in [1.54, 1.807) is 42.6 Å². The van der Waals surface area contributed by atoms with Gasteiger partial charge in [0.25, 0.3) is 0 Å². The summed E-state index contributed by atoms with van der Waals surface area (Å²) >= 11 is 0. The summed E-state index contributed by atoms with van der Waals surface area (Å²) in [5, 5.41) is 3.04. The molecule has 3 aromatic carbocycles. The number of benzene rings is 3. The Hall–Kier alpha value is -5.37. The molecule has 4 heterocycles. The fourth-order valence-electron chi connectivity index (χ4n) is 6.88. The highest BCUT2D eigenvalue weighted by molar-refractivity contribution is 6.16. The van der Waals surface area contributed by atoms with Crippen molar-refractivity contribution in [2.24, 2.45) is 5.92 Å². The van der Waals surface area contributed by atoms with Gasteiger partial charge >= 0.3 is 5.97 Å². The van der Waals surface area contributed by atoms with Crippen LogP contribution in [0.25, 0.3) is 6.08 Å². The quantitative estimate of drug-likeness (QED) is 0.210. The molecule has 206 valence electrons. The molecule has 8 nitrogen and oxygen atoms in total. The number of esters is 1. The molecule has 1 amide bonds. The van der Waals surface area contributed by atoms with Crippen molar-refractivity contribution in [3.8, 4) is 5.75 Å². The molecule has 0 radical (unpaired) electrons. The highest BCUT2D eigenvalue weighted by atomic mass is 16.5. The SMILES string of the molecule is CC(=O)Oc1ccc(C(=O)[C@H]2[C@H](C(=O)c3cccnc3)[C@]3(C(=O)Nc4ccccc43)[C@H]3c4ccccc4C=CN23)cc1. The maximum atomic E-state index is 14.7. The van der Waals surface area contributed by atoms with Crippen molar-refractivity contribution in [3.05, 3.63) is 131 Å². The standard InChI is InChI=1S/C34H25N3O5/c1-20(38)42-24-14-12-22(13-15-24)31(40)29-28(30(39)23-8-6-17-35-19-23)34(26-10-4-5-11-27(26)36-33(34)41)32-25-9-3-2-7-21(25)16-18-37(29)32/h2-19,28-29,32H,1H3,(H,36,41)/t28-,29-,32-,34+/m1/s1. The van der Waals surface area contributed by atoms with Gasteiger partial charge in [-0.1, -0.05) is 42.5 Å². The van der Waals surface area contributed by atoms with Gasteiger partial charge in [0, 0.05) is 42.3 Å². The largest absolute Gasteiger partial charge is 0.427 e. The number of amides is 1. The molecule has 3 aliphatic rings. The minimum Gasteiger partial charge on any atom is -0.427 e. The molecule has 1 fully saturated rings. The Morgan fingerprint density at radius 3 is 2.40 bits per heavy atom. The smallest absolute Gasteiger partial charge is 0.308 e. The first-order valence-electron chi connectivity index (χ1n) is 13.6. The average Bonchev–Trinajstić information content (AvgIpc) is 3.49. The lowest BCUT2D eigenvalue weighted by molar-refractivity contribution is -0.131. The van der Waals surface area contributed by atoms with Crippen LogP contribution >= 0.6 is 0 Å². The number of carbonyl (C=O) groups excluding carboxylic acids is 4. The van der Waals surface area contributed by atoms with Gasteiger partial charge in [0.05, 0.1) is 12.0 Å². The second-order valence-corrected chi connectivity index (χ2v) is 10.7. The van der Waals surface area contributed by atoms with Gasteiger partial charge in [-0.15, -0.1) is 0 Å². The summed E-state index contributed by atoms with van der Waals surface area (Å²) in [6, 6.07) is 23.1. The van der Waals surface area contributed by atoms with E-state index in [1.165, 1.54) is 13.1 Å². The molecule has 0 bridgehead atoms. The molecule has 4 atom stereocenters. The second kappa shape index (κ2) is 9.62. The minimum absolute atomic E-state index is 0.304. The van der Waals surface area contributed by atoms with E-state index in [0.29, 0.717) is 28.1 Å². The summed E-state index contributed by atoms with van der Waals surface area (Å²) in [7, 11) is 0. The van der Waals surface area contributed by atoms with E-state index in [0.717, 1.165) is 11.1 Å². The third kappa shape index (κ3) is 3.65. The van der Waals surface area contributed by atoms with E-state index < -0.39 is 29.4 Å². The van der Waals surface area contributed by atoms with Gasteiger partial charge in [-0.2, -0.15) is 0 Å². The van der Waals surface area contributed by atoms with Crippen LogP contribution in [0.4, 0.5) is 5.69 Å². The lowest BCUT2D eigenvalue weighted by atomic mass is 9.62. The Morgan fingerprint density at radius 1 is 0.881 bits per heavy atom. The van der Waals surface area contributed by atoms with Crippen LogP contribution in [0.2, 0.25) is 0 Å². The fraction of sp³-hybridized carbons (Fsp3) is 0.147. The van der Waals surface area contributed by atoms with Gasteiger partial charge in [0.1, 0.15) is 17.2 Å². The van der Waals surface area contributed by atoms with Crippen molar-refractivity contribution < 1.29 is 23.9 Å². The number of aromatic nitrogens is 1. The third-order valence-corrected chi connectivity index (χ3v) is 8.47. The number of hydrogen-bond donors (Lipinski definition) is 1. The first kappa shape index (κ1) is 25.6. The third-order valence-electron chi connectivity index (χ3n) is 8.47. The fourth-order valence-corrected chi connectivity index (χ4v) is 6.88. The predicted molar refractivity (Wildman–Crippen MR) is 155 cm³/mol. The van der Waals surface area contributed by atoms with Crippen LogP contribution in [0.15, 0.2) is 104 Å². The van der Waals surface area contributed by atoms with Gasteiger partial charge < -0.3 is 15.0 Å². The van der Waals surface area contributed by atoms with Crippen LogP contribution in [-0.4, -0.2) is 39.4 Å². The summed E-state index contributed by atoms with van der Waals surface area (Å²) < 4.78 is 5.16. The van der Waals surface area contributed by atoms with Crippen molar-refractivity contribution in [1.82, 2.24) is 9.88 Å². The Balaban J connectivity index is 1.48.